The molecule has 3 N–H and O–H groups in total. The molecule has 2 unspecified atom stereocenters. The number of fused-ring (bicyclic) bond motifs is 1. The van der Waals surface area contributed by atoms with Crippen LogP contribution in [0.4, 0.5) is 0 Å². The standard InChI is InChI=1S/C14H19N3O4/c1-8-6-12-11(4-5-20-12)17(8)7-21-14(19)10(3)16-13(18)9(2)15/h4-6,9-10H,7,15H2,1-3H3,(H,16,18). The van der Waals surface area contributed by atoms with Crippen molar-refractivity contribution in [3.05, 3.63) is 24.1 Å². The van der Waals surface area contributed by atoms with Gasteiger partial charge in [0.1, 0.15) is 6.04 Å². The van der Waals surface area contributed by atoms with E-state index in [1.165, 1.54) is 0 Å². The van der Waals surface area contributed by atoms with Gasteiger partial charge in [-0.15, -0.1) is 0 Å². The molecular formula is C14H19N3O4. The van der Waals surface area contributed by atoms with E-state index in [9.17, 15) is 9.59 Å². The number of carbonyl (C=O) groups is 2. The molecule has 7 nitrogen and oxygen atoms in total. The summed E-state index contributed by atoms with van der Waals surface area (Å²) in [6.07, 6.45) is 1.58. The van der Waals surface area contributed by atoms with Crippen molar-refractivity contribution in [3.8, 4) is 0 Å². The summed E-state index contributed by atoms with van der Waals surface area (Å²) in [4.78, 5) is 23.3. The molecule has 0 radical (unpaired) electrons. The number of hydrogen-bond donors (Lipinski definition) is 2. The molecule has 0 saturated carbocycles. The van der Waals surface area contributed by atoms with Crippen molar-refractivity contribution in [1.82, 2.24) is 9.88 Å². The molecule has 0 bridgehead atoms. The predicted octanol–water partition coefficient (Wildman–Crippen LogP) is 0.895. The Hall–Kier alpha value is -2.28. The van der Waals surface area contributed by atoms with E-state index in [0.29, 0.717) is 0 Å². The van der Waals surface area contributed by atoms with E-state index in [2.05, 4.69) is 5.32 Å². The second kappa shape index (κ2) is 6.01. The van der Waals surface area contributed by atoms with Gasteiger partial charge in [-0.3, -0.25) is 4.79 Å². The van der Waals surface area contributed by atoms with Crippen molar-refractivity contribution in [1.29, 1.82) is 0 Å². The molecule has 1 amide bonds. The smallest absolute Gasteiger partial charge is 0.330 e. The van der Waals surface area contributed by atoms with Crippen molar-refractivity contribution < 1.29 is 18.7 Å². The zero-order chi connectivity index (χ0) is 15.6. The van der Waals surface area contributed by atoms with E-state index in [-0.39, 0.29) is 6.73 Å². The van der Waals surface area contributed by atoms with Crippen LogP contribution in [-0.4, -0.2) is 28.5 Å². The van der Waals surface area contributed by atoms with Crippen LogP contribution in [0.15, 0.2) is 22.8 Å². The molecule has 0 aliphatic rings. The average molecular weight is 293 g/mol. The van der Waals surface area contributed by atoms with Crippen molar-refractivity contribution in [3.63, 3.8) is 0 Å². The lowest BCUT2D eigenvalue weighted by atomic mass is 10.3. The normalized spacial score (nSPS) is 13.9. The topological polar surface area (TPSA) is 99.5 Å². The third kappa shape index (κ3) is 3.25. The first kappa shape index (κ1) is 15.1. The first-order valence-corrected chi connectivity index (χ1v) is 6.66. The maximum atomic E-state index is 11.9. The number of aryl methyl sites for hydroxylation is 1. The molecule has 7 heteroatoms. The summed E-state index contributed by atoms with van der Waals surface area (Å²) in [7, 11) is 0. The van der Waals surface area contributed by atoms with Gasteiger partial charge >= 0.3 is 5.97 Å². The van der Waals surface area contributed by atoms with Crippen LogP contribution in [0, 0.1) is 6.92 Å². The number of rotatable bonds is 5. The van der Waals surface area contributed by atoms with Crippen molar-refractivity contribution in [2.24, 2.45) is 5.73 Å². The molecule has 2 aromatic heterocycles. The number of esters is 1. The molecule has 0 aliphatic heterocycles. The molecule has 2 heterocycles. The number of hydrogen-bond acceptors (Lipinski definition) is 5. The van der Waals surface area contributed by atoms with Crippen LogP contribution in [0.3, 0.4) is 0 Å². The number of ether oxygens (including phenoxy) is 1. The fourth-order valence-corrected chi connectivity index (χ4v) is 1.93. The van der Waals surface area contributed by atoms with Gasteiger partial charge in [0.2, 0.25) is 5.91 Å². The summed E-state index contributed by atoms with van der Waals surface area (Å²) in [5, 5.41) is 2.49. The van der Waals surface area contributed by atoms with Gasteiger partial charge in [0.15, 0.2) is 12.3 Å². The predicted molar refractivity (Wildman–Crippen MR) is 76.3 cm³/mol. The Kier molecular flexibility index (Phi) is 4.32. The van der Waals surface area contributed by atoms with Crippen LogP contribution in [0.2, 0.25) is 0 Å². The highest BCUT2D eigenvalue weighted by atomic mass is 16.5. The fourth-order valence-electron chi connectivity index (χ4n) is 1.93. The number of nitrogens with two attached hydrogens (primary N) is 1. The Morgan fingerprint density at radius 3 is 2.86 bits per heavy atom. The maximum Gasteiger partial charge on any atom is 0.330 e. The molecule has 0 fully saturated rings. The van der Waals surface area contributed by atoms with Gasteiger partial charge in [0.25, 0.3) is 0 Å². The molecule has 0 aromatic carbocycles. The summed E-state index contributed by atoms with van der Waals surface area (Å²) in [6.45, 7) is 5.06. The minimum atomic E-state index is -0.751. The van der Waals surface area contributed by atoms with Crippen LogP contribution < -0.4 is 11.1 Å². The minimum Gasteiger partial charge on any atom is -0.463 e. The quantitative estimate of drug-likeness (QED) is 0.798. The Morgan fingerprint density at radius 1 is 1.48 bits per heavy atom. The van der Waals surface area contributed by atoms with E-state index in [1.54, 1.807) is 26.2 Å². The third-order valence-electron chi connectivity index (χ3n) is 3.19. The lowest BCUT2D eigenvalue weighted by Gasteiger charge is -2.15. The Bertz CT molecular complexity index is 656. The molecule has 2 atom stereocenters. The largest absolute Gasteiger partial charge is 0.463 e. The van der Waals surface area contributed by atoms with Crippen LogP contribution >= 0.6 is 0 Å². The third-order valence-corrected chi connectivity index (χ3v) is 3.19. The summed E-state index contributed by atoms with van der Waals surface area (Å²) in [5.74, 6) is -0.914. The van der Waals surface area contributed by atoms with Gasteiger partial charge < -0.3 is 24.8 Å². The zero-order valence-electron chi connectivity index (χ0n) is 12.3. The fraction of sp³-hybridized carbons (Fsp3) is 0.429. The molecule has 0 spiro atoms. The lowest BCUT2D eigenvalue weighted by molar-refractivity contribution is -0.151. The molecule has 0 saturated heterocycles. The first-order chi connectivity index (χ1) is 9.90. The number of nitrogens with one attached hydrogen (secondary N) is 1. The zero-order valence-corrected chi connectivity index (χ0v) is 12.3. The molecule has 2 aromatic rings. The summed E-state index contributed by atoms with van der Waals surface area (Å²) < 4.78 is 12.3. The van der Waals surface area contributed by atoms with Crippen molar-refractivity contribution in [2.45, 2.75) is 39.6 Å². The monoisotopic (exact) mass is 293 g/mol. The molecule has 0 aliphatic carbocycles. The van der Waals surface area contributed by atoms with E-state index >= 15 is 0 Å². The Balaban J connectivity index is 1.96. The van der Waals surface area contributed by atoms with E-state index in [1.807, 2.05) is 17.6 Å². The average Bonchev–Trinajstić information content (AvgIpc) is 2.96. The van der Waals surface area contributed by atoms with Gasteiger partial charge in [-0.1, -0.05) is 0 Å². The van der Waals surface area contributed by atoms with Crippen LogP contribution in [-0.2, 0) is 21.1 Å². The highest BCUT2D eigenvalue weighted by molar-refractivity contribution is 5.86. The second-order valence-electron chi connectivity index (χ2n) is 5.00. The number of furan rings is 1. The second-order valence-corrected chi connectivity index (χ2v) is 5.00. The highest BCUT2D eigenvalue weighted by Gasteiger charge is 2.19. The van der Waals surface area contributed by atoms with Gasteiger partial charge in [-0.25, -0.2) is 4.79 Å². The summed E-state index contributed by atoms with van der Waals surface area (Å²) in [5.41, 5.74) is 7.94. The van der Waals surface area contributed by atoms with E-state index < -0.39 is 24.0 Å². The van der Waals surface area contributed by atoms with Crippen molar-refractivity contribution >= 4 is 23.0 Å². The Morgan fingerprint density at radius 2 is 2.19 bits per heavy atom. The molecule has 114 valence electrons. The minimum absolute atomic E-state index is 0.0616. The summed E-state index contributed by atoms with van der Waals surface area (Å²) in [6, 6.07) is 2.25. The van der Waals surface area contributed by atoms with Crippen LogP contribution in [0.5, 0.6) is 0 Å². The number of carbonyl (C=O) groups excluding carboxylic acids is 2. The summed E-state index contributed by atoms with van der Waals surface area (Å²) >= 11 is 0. The highest BCUT2D eigenvalue weighted by Crippen LogP contribution is 2.20. The maximum absolute atomic E-state index is 11.9. The van der Waals surface area contributed by atoms with E-state index in [0.717, 1.165) is 16.8 Å². The van der Waals surface area contributed by atoms with E-state index in [4.69, 9.17) is 14.9 Å². The molecule has 2 rings (SSSR count). The number of nitrogens with zero attached hydrogens (tertiary/aromatic N) is 1. The SMILES string of the molecule is Cc1cc2occc2n1COC(=O)C(C)NC(=O)C(C)N. The van der Waals surface area contributed by atoms with Crippen molar-refractivity contribution in [2.75, 3.05) is 0 Å². The van der Waals surface area contributed by atoms with Gasteiger partial charge in [0, 0.05) is 17.8 Å². The van der Waals surface area contributed by atoms with Crippen LogP contribution in [0.1, 0.15) is 19.5 Å². The van der Waals surface area contributed by atoms with Gasteiger partial charge in [-0.05, 0) is 20.8 Å². The van der Waals surface area contributed by atoms with Gasteiger partial charge in [0.05, 0.1) is 17.8 Å². The first-order valence-electron chi connectivity index (χ1n) is 6.66. The Labute approximate surface area is 122 Å². The van der Waals surface area contributed by atoms with Crippen LogP contribution in [0.25, 0.3) is 11.1 Å². The number of aromatic nitrogens is 1. The van der Waals surface area contributed by atoms with Gasteiger partial charge in [-0.2, -0.15) is 0 Å². The lowest BCUT2D eigenvalue weighted by Crippen LogP contribution is -2.46. The molecular weight excluding hydrogens is 274 g/mol. The molecule has 21 heavy (non-hydrogen) atoms. The number of amides is 1.